The van der Waals surface area contributed by atoms with Gasteiger partial charge in [-0.2, -0.15) is 5.26 Å². The normalized spacial score (nSPS) is 11.6. The Morgan fingerprint density at radius 1 is 1.62 bits per heavy atom. The predicted molar refractivity (Wildman–Crippen MR) is 59.6 cm³/mol. The van der Waals surface area contributed by atoms with E-state index in [9.17, 15) is 4.79 Å². The third-order valence-electron chi connectivity index (χ3n) is 2.37. The molecule has 4 nitrogen and oxygen atoms in total. The number of nitrogens with zero attached hydrogens (tertiary/aromatic N) is 1. The Kier molecular flexibility index (Phi) is 4.03. The molecule has 0 aliphatic carbocycles. The Bertz CT molecular complexity index is 435. The zero-order chi connectivity index (χ0) is 12.1. The molecule has 1 aromatic carbocycles. The van der Waals surface area contributed by atoms with E-state index in [1.54, 1.807) is 12.1 Å². The zero-order valence-electron chi connectivity index (χ0n) is 9.36. The molecule has 2 N–H and O–H groups in total. The second-order valence-corrected chi connectivity index (χ2v) is 3.59. The van der Waals surface area contributed by atoms with E-state index in [-0.39, 0.29) is 0 Å². The molecule has 1 rings (SSSR count). The highest BCUT2D eigenvalue weighted by Gasteiger charge is 2.14. The molecule has 0 radical (unpaired) electrons. The minimum absolute atomic E-state index is 0.416. The molecule has 0 fully saturated rings. The summed E-state index contributed by atoms with van der Waals surface area (Å²) in [6.45, 7) is 1.85. The number of methoxy groups -OCH3 is 1. The van der Waals surface area contributed by atoms with Crippen LogP contribution in [0.2, 0.25) is 0 Å². The number of carbonyl (C=O) groups is 1. The Hall–Kier alpha value is -1.86. The average molecular weight is 218 g/mol. The summed E-state index contributed by atoms with van der Waals surface area (Å²) in [5, 5.41) is 8.77. The molecule has 16 heavy (non-hydrogen) atoms. The van der Waals surface area contributed by atoms with Crippen molar-refractivity contribution in [3.63, 3.8) is 0 Å². The van der Waals surface area contributed by atoms with Gasteiger partial charge in [-0.15, -0.1) is 0 Å². The molecule has 0 saturated heterocycles. The second-order valence-electron chi connectivity index (χ2n) is 3.59. The van der Waals surface area contributed by atoms with E-state index in [1.165, 1.54) is 7.11 Å². The Morgan fingerprint density at radius 2 is 2.31 bits per heavy atom. The number of benzene rings is 1. The van der Waals surface area contributed by atoms with Gasteiger partial charge in [0.25, 0.3) is 0 Å². The van der Waals surface area contributed by atoms with Gasteiger partial charge in [-0.1, -0.05) is 12.1 Å². The Balaban J connectivity index is 2.80. The van der Waals surface area contributed by atoms with Gasteiger partial charge >= 0.3 is 5.97 Å². The van der Waals surface area contributed by atoms with Crippen LogP contribution in [-0.2, 0) is 16.0 Å². The van der Waals surface area contributed by atoms with Crippen LogP contribution in [0.1, 0.15) is 16.7 Å². The summed E-state index contributed by atoms with van der Waals surface area (Å²) < 4.78 is 4.54. The highest BCUT2D eigenvalue weighted by atomic mass is 16.5. The topological polar surface area (TPSA) is 76.1 Å². The van der Waals surface area contributed by atoms with Crippen LogP contribution in [0.3, 0.4) is 0 Å². The monoisotopic (exact) mass is 218 g/mol. The number of ether oxygens (including phenoxy) is 1. The van der Waals surface area contributed by atoms with Gasteiger partial charge in [0, 0.05) is 0 Å². The third-order valence-corrected chi connectivity index (χ3v) is 2.37. The molecule has 1 aromatic rings. The summed E-state index contributed by atoms with van der Waals surface area (Å²) in [4.78, 5) is 11.1. The lowest BCUT2D eigenvalue weighted by molar-refractivity contribution is -0.142. The first kappa shape index (κ1) is 12.2. The smallest absolute Gasteiger partial charge is 0.322 e. The first-order valence-electron chi connectivity index (χ1n) is 4.91. The van der Waals surface area contributed by atoms with Crippen LogP contribution in [0, 0.1) is 18.3 Å². The minimum atomic E-state index is -0.655. The van der Waals surface area contributed by atoms with Crippen LogP contribution in [0.5, 0.6) is 0 Å². The maximum absolute atomic E-state index is 11.1. The molecule has 0 heterocycles. The lowest BCUT2D eigenvalue weighted by Crippen LogP contribution is -2.33. The molecule has 0 aliphatic heterocycles. The molecule has 0 saturated carbocycles. The van der Waals surface area contributed by atoms with Crippen molar-refractivity contribution >= 4 is 5.97 Å². The summed E-state index contributed by atoms with van der Waals surface area (Å²) in [6, 6.07) is 6.82. The molecular formula is C12H14N2O2. The number of nitriles is 1. The summed E-state index contributed by atoms with van der Waals surface area (Å²) in [5.41, 5.74) is 8.09. The Morgan fingerprint density at radius 3 is 2.81 bits per heavy atom. The van der Waals surface area contributed by atoms with E-state index < -0.39 is 12.0 Å². The van der Waals surface area contributed by atoms with Crippen molar-refractivity contribution in [2.24, 2.45) is 5.73 Å². The van der Waals surface area contributed by atoms with E-state index in [4.69, 9.17) is 11.0 Å². The summed E-state index contributed by atoms with van der Waals surface area (Å²) >= 11 is 0. The van der Waals surface area contributed by atoms with Crippen LogP contribution in [-0.4, -0.2) is 19.1 Å². The van der Waals surface area contributed by atoms with Crippen LogP contribution >= 0.6 is 0 Å². The molecule has 0 unspecified atom stereocenters. The number of nitrogens with two attached hydrogens (primary N) is 1. The molecule has 0 bridgehead atoms. The number of hydrogen-bond donors (Lipinski definition) is 1. The first-order valence-corrected chi connectivity index (χ1v) is 4.91. The SMILES string of the molecule is COC(=O)[C@H](N)Cc1ccc(C#N)c(C)c1. The Labute approximate surface area is 94.6 Å². The number of esters is 1. The van der Waals surface area contributed by atoms with E-state index in [2.05, 4.69) is 10.8 Å². The lowest BCUT2D eigenvalue weighted by atomic mass is 10.0. The molecule has 0 aromatic heterocycles. The van der Waals surface area contributed by atoms with Crippen molar-refractivity contribution in [2.75, 3.05) is 7.11 Å². The standard InChI is InChI=1S/C12H14N2O2/c1-8-5-9(3-4-10(8)7-13)6-11(14)12(15)16-2/h3-5,11H,6,14H2,1-2H3/t11-/m1/s1. The van der Waals surface area contributed by atoms with Gasteiger partial charge in [0.2, 0.25) is 0 Å². The first-order chi connectivity index (χ1) is 7.58. The van der Waals surface area contributed by atoms with Gasteiger partial charge in [-0.25, -0.2) is 0 Å². The molecule has 0 spiro atoms. The highest BCUT2D eigenvalue weighted by Crippen LogP contribution is 2.11. The predicted octanol–water partition coefficient (Wildman–Crippen LogP) is 0.909. The lowest BCUT2D eigenvalue weighted by Gasteiger charge is -2.09. The van der Waals surface area contributed by atoms with Gasteiger partial charge in [0.1, 0.15) is 6.04 Å². The van der Waals surface area contributed by atoms with Crippen molar-refractivity contribution in [1.29, 1.82) is 5.26 Å². The van der Waals surface area contributed by atoms with E-state index in [0.29, 0.717) is 12.0 Å². The van der Waals surface area contributed by atoms with Gasteiger partial charge in [-0.3, -0.25) is 4.79 Å². The second kappa shape index (κ2) is 5.29. The largest absolute Gasteiger partial charge is 0.468 e. The van der Waals surface area contributed by atoms with Crippen molar-refractivity contribution in [3.05, 3.63) is 34.9 Å². The van der Waals surface area contributed by atoms with E-state index in [1.807, 2.05) is 13.0 Å². The average Bonchev–Trinajstić information content (AvgIpc) is 2.28. The summed E-state index contributed by atoms with van der Waals surface area (Å²) in [6.07, 6.45) is 0.416. The molecule has 0 amide bonds. The quantitative estimate of drug-likeness (QED) is 0.765. The van der Waals surface area contributed by atoms with E-state index >= 15 is 0 Å². The molecular weight excluding hydrogens is 204 g/mol. The van der Waals surface area contributed by atoms with Crippen LogP contribution < -0.4 is 5.73 Å². The number of carbonyl (C=O) groups excluding carboxylic acids is 1. The fraction of sp³-hybridized carbons (Fsp3) is 0.333. The highest BCUT2D eigenvalue weighted by molar-refractivity contribution is 5.75. The van der Waals surface area contributed by atoms with E-state index in [0.717, 1.165) is 11.1 Å². The van der Waals surface area contributed by atoms with Crippen LogP contribution in [0.4, 0.5) is 0 Å². The third kappa shape index (κ3) is 2.81. The van der Waals surface area contributed by atoms with Crippen molar-refractivity contribution in [3.8, 4) is 6.07 Å². The van der Waals surface area contributed by atoms with Crippen molar-refractivity contribution in [2.45, 2.75) is 19.4 Å². The minimum Gasteiger partial charge on any atom is -0.468 e. The summed E-state index contributed by atoms with van der Waals surface area (Å²) in [7, 11) is 1.31. The van der Waals surface area contributed by atoms with Crippen molar-refractivity contribution in [1.82, 2.24) is 0 Å². The maximum Gasteiger partial charge on any atom is 0.322 e. The van der Waals surface area contributed by atoms with Gasteiger partial charge in [0.15, 0.2) is 0 Å². The summed E-state index contributed by atoms with van der Waals surface area (Å²) in [5.74, 6) is -0.429. The fourth-order valence-electron chi connectivity index (χ4n) is 1.47. The number of rotatable bonds is 3. The maximum atomic E-state index is 11.1. The fourth-order valence-corrected chi connectivity index (χ4v) is 1.47. The van der Waals surface area contributed by atoms with Crippen molar-refractivity contribution < 1.29 is 9.53 Å². The molecule has 4 heteroatoms. The van der Waals surface area contributed by atoms with Gasteiger partial charge in [-0.05, 0) is 30.5 Å². The van der Waals surface area contributed by atoms with Gasteiger partial charge < -0.3 is 10.5 Å². The number of aryl methyl sites for hydroxylation is 1. The number of hydrogen-bond acceptors (Lipinski definition) is 4. The molecule has 0 aliphatic rings. The van der Waals surface area contributed by atoms with Crippen LogP contribution in [0.15, 0.2) is 18.2 Å². The van der Waals surface area contributed by atoms with Gasteiger partial charge in [0.05, 0.1) is 18.7 Å². The zero-order valence-corrected chi connectivity index (χ0v) is 9.36. The van der Waals surface area contributed by atoms with Crippen LogP contribution in [0.25, 0.3) is 0 Å². The molecule has 1 atom stereocenters. The molecule has 84 valence electrons.